The molecule has 0 aliphatic carbocycles. The van der Waals surface area contributed by atoms with Crippen molar-refractivity contribution in [2.45, 2.75) is 12.8 Å². The predicted molar refractivity (Wildman–Crippen MR) is 91.1 cm³/mol. The van der Waals surface area contributed by atoms with E-state index in [-0.39, 0.29) is 0 Å². The average molecular weight is 304 g/mol. The molecule has 4 nitrogen and oxygen atoms in total. The Balaban J connectivity index is 1.64. The Labute approximate surface area is 133 Å². The summed E-state index contributed by atoms with van der Waals surface area (Å²) >= 11 is 0. The third-order valence-electron chi connectivity index (χ3n) is 4.16. The van der Waals surface area contributed by atoms with Gasteiger partial charge >= 0.3 is 0 Å². The second-order valence-electron chi connectivity index (χ2n) is 5.84. The molecule has 22 heavy (non-hydrogen) atoms. The molecular weight excluding hydrogens is 276 g/mol. The van der Waals surface area contributed by atoms with Crippen LogP contribution >= 0.6 is 0 Å². The molecule has 0 radical (unpaired) electrons. The largest absolute Gasteiger partial charge is 0.496 e. The fraction of sp³-hybridized carbons (Fsp3) is 0.556. The molecule has 0 aromatic heterocycles. The van der Waals surface area contributed by atoms with Crippen LogP contribution in [-0.2, 0) is 0 Å². The maximum absolute atomic E-state index is 9.24. The summed E-state index contributed by atoms with van der Waals surface area (Å²) in [5.74, 6) is 1.38. The molecule has 1 aliphatic heterocycles. The highest BCUT2D eigenvalue weighted by molar-refractivity contribution is 5.57. The number of aliphatic hydroxyl groups is 1. The molecular formula is C18H28N2O2. The summed E-state index contributed by atoms with van der Waals surface area (Å²) in [5, 5.41) is 12.7. The molecule has 0 amide bonds. The van der Waals surface area contributed by atoms with Crippen molar-refractivity contribution in [3.63, 3.8) is 0 Å². The molecule has 1 unspecified atom stereocenters. The van der Waals surface area contributed by atoms with Crippen LogP contribution in [0.15, 0.2) is 30.3 Å². The Bertz CT molecular complexity index is 462. The molecule has 1 atom stereocenters. The molecule has 2 rings (SSSR count). The van der Waals surface area contributed by atoms with E-state index in [0.29, 0.717) is 12.5 Å². The van der Waals surface area contributed by atoms with Crippen LogP contribution in [0.4, 0.5) is 0 Å². The number of hydrogen-bond donors (Lipinski definition) is 2. The SMILES string of the molecule is COc1ccccc1/C=C/CNCCN1CCCC(CO)C1. The monoisotopic (exact) mass is 304 g/mol. The van der Waals surface area contributed by atoms with Gasteiger partial charge in [-0.05, 0) is 31.4 Å². The second-order valence-corrected chi connectivity index (χ2v) is 5.84. The van der Waals surface area contributed by atoms with E-state index in [0.717, 1.165) is 44.0 Å². The highest BCUT2D eigenvalue weighted by Gasteiger charge is 2.18. The molecule has 0 bridgehead atoms. The zero-order valence-electron chi connectivity index (χ0n) is 13.5. The number of aliphatic hydroxyl groups excluding tert-OH is 1. The summed E-state index contributed by atoms with van der Waals surface area (Å²) in [4.78, 5) is 2.45. The number of para-hydroxylation sites is 1. The van der Waals surface area contributed by atoms with Gasteiger partial charge in [0.2, 0.25) is 0 Å². The van der Waals surface area contributed by atoms with E-state index in [1.807, 2.05) is 18.2 Å². The lowest BCUT2D eigenvalue weighted by Crippen LogP contribution is -2.40. The van der Waals surface area contributed by atoms with Gasteiger partial charge in [-0.3, -0.25) is 0 Å². The molecule has 1 aliphatic rings. The van der Waals surface area contributed by atoms with Gasteiger partial charge in [0.25, 0.3) is 0 Å². The standard InChI is InChI=1S/C18H28N2O2/c1-22-18-9-3-2-7-17(18)8-4-10-19-11-13-20-12-5-6-16(14-20)15-21/h2-4,7-9,16,19,21H,5-6,10-15H2,1H3/b8-4+. The first-order chi connectivity index (χ1) is 10.8. The molecule has 2 N–H and O–H groups in total. The normalized spacial score (nSPS) is 19.6. The fourth-order valence-corrected chi connectivity index (χ4v) is 2.92. The predicted octanol–water partition coefficient (Wildman–Crippen LogP) is 2.00. The quantitative estimate of drug-likeness (QED) is 0.721. The number of methoxy groups -OCH3 is 1. The van der Waals surface area contributed by atoms with E-state index in [1.165, 1.54) is 12.8 Å². The van der Waals surface area contributed by atoms with Gasteiger partial charge < -0.3 is 20.1 Å². The van der Waals surface area contributed by atoms with Crippen molar-refractivity contribution in [2.24, 2.45) is 5.92 Å². The van der Waals surface area contributed by atoms with Crippen LogP contribution < -0.4 is 10.1 Å². The third-order valence-corrected chi connectivity index (χ3v) is 4.16. The van der Waals surface area contributed by atoms with Crippen LogP contribution in [0.3, 0.4) is 0 Å². The number of rotatable bonds is 8. The molecule has 4 heteroatoms. The maximum atomic E-state index is 9.24. The molecule has 1 aromatic rings. The van der Waals surface area contributed by atoms with Gasteiger partial charge in [0.15, 0.2) is 0 Å². The van der Waals surface area contributed by atoms with Crippen LogP contribution in [0, 0.1) is 5.92 Å². The number of piperidine rings is 1. The summed E-state index contributed by atoms with van der Waals surface area (Å²) < 4.78 is 5.32. The molecule has 122 valence electrons. The first-order valence-corrected chi connectivity index (χ1v) is 8.17. The second kappa shape index (κ2) is 9.62. The summed E-state index contributed by atoms with van der Waals surface area (Å²) in [6, 6.07) is 8.02. The highest BCUT2D eigenvalue weighted by atomic mass is 16.5. The lowest BCUT2D eigenvalue weighted by atomic mass is 9.99. The van der Waals surface area contributed by atoms with E-state index in [4.69, 9.17) is 4.74 Å². The topological polar surface area (TPSA) is 44.7 Å². The van der Waals surface area contributed by atoms with Gasteiger partial charge in [-0.25, -0.2) is 0 Å². The fourth-order valence-electron chi connectivity index (χ4n) is 2.92. The minimum Gasteiger partial charge on any atom is -0.496 e. The van der Waals surface area contributed by atoms with Gasteiger partial charge in [0.05, 0.1) is 7.11 Å². The Morgan fingerprint density at radius 1 is 1.41 bits per heavy atom. The van der Waals surface area contributed by atoms with Crippen LogP contribution in [-0.4, -0.2) is 56.4 Å². The van der Waals surface area contributed by atoms with Crippen molar-refractivity contribution in [3.05, 3.63) is 35.9 Å². The van der Waals surface area contributed by atoms with Crippen molar-refractivity contribution >= 4 is 6.08 Å². The summed E-state index contributed by atoms with van der Waals surface area (Å²) in [6.45, 7) is 5.42. The zero-order valence-corrected chi connectivity index (χ0v) is 13.5. The summed E-state index contributed by atoms with van der Waals surface area (Å²) in [7, 11) is 1.70. The van der Waals surface area contributed by atoms with Crippen LogP contribution in [0.25, 0.3) is 6.08 Å². The number of nitrogens with zero attached hydrogens (tertiary/aromatic N) is 1. The minimum atomic E-state index is 0.325. The van der Waals surface area contributed by atoms with Gasteiger partial charge in [-0.1, -0.05) is 30.4 Å². The smallest absolute Gasteiger partial charge is 0.126 e. The number of benzene rings is 1. The molecule has 1 aromatic carbocycles. The van der Waals surface area contributed by atoms with Crippen molar-refractivity contribution < 1.29 is 9.84 Å². The van der Waals surface area contributed by atoms with Gasteiger partial charge in [0.1, 0.15) is 5.75 Å². The van der Waals surface area contributed by atoms with Crippen molar-refractivity contribution in [1.29, 1.82) is 0 Å². The van der Waals surface area contributed by atoms with Crippen LogP contribution in [0.2, 0.25) is 0 Å². The van der Waals surface area contributed by atoms with E-state index < -0.39 is 0 Å². The summed E-state index contributed by atoms with van der Waals surface area (Å²) in [5.41, 5.74) is 1.11. The van der Waals surface area contributed by atoms with Crippen molar-refractivity contribution in [3.8, 4) is 5.75 Å². The number of nitrogens with one attached hydrogen (secondary N) is 1. The lowest BCUT2D eigenvalue weighted by Gasteiger charge is -2.31. The molecule has 0 saturated carbocycles. The van der Waals surface area contributed by atoms with E-state index in [9.17, 15) is 5.11 Å². The van der Waals surface area contributed by atoms with E-state index >= 15 is 0 Å². The lowest BCUT2D eigenvalue weighted by molar-refractivity contribution is 0.121. The van der Waals surface area contributed by atoms with Gasteiger partial charge in [-0.2, -0.15) is 0 Å². The Morgan fingerprint density at radius 2 is 2.27 bits per heavy atom. The zero-order chi connectivity index (χ0) is 15.6. The van der Waals surface area contributed by atoms with Crippen LogP contribution in [0.1, 0.15) is 18.4 Å². The maximum Gasteiger partial charge on any atom is 0.126 e. The Kier molecular flexibility index (Phi) is 7.43. The molecule has 0 spiro atoms. The van der Waals surface area contributed by atoms with Gasteiger partial charge in [-0.15, -0.1) is 0 Å². The Hall–Kier alpha value is -1.36. The molecule has 1 heterocycles. The van der Waals surface area contributed by atoms with E-state index in [2.05, 4.69) is 28.4 Å². The Morgan fingerprint density at radius 3 is 3.09 bits per heavy atom. The first kappa shape index (κ1) is 17.0. The average Bonchev–Trinajstić information content (AvgIpc) is 2.58. The van der Waals surface area contributed by atoms with Gasteiger partial charge in [0, 0.05) is 38.3 Å². The number of hydrogen-bond acceptors (Lipinski definition) is 4. The minimum absolute atomic E-state index is 0.325. The van der Waals surface area contributed by atoms with Crippen LogP contribution in [0.5, 0.6) is 5.75 Å². The number of ether oxygens (including phenoxy) is 1. The number of likely N-dealkylation sites (tertiary alicyclic amines) is 1. The molecule has 1 saturated heterocycles. The van der Waals surface area contributed by atoms with Crippen molar-refractivity contribution in [2.75, 3.05) is 46.4 Å². The summed E-state index contributed by atoms with van der Waals surface area (Å²) in [6.07, 6.45) is 6.60. The first-order valence-electron chi connectivity index (χ1n) is 8.17. The van der Waals surface area contributed by atoms with Crippen molar-refractivity contribution in [1.82, 2.24) is 10.2 Å². The highest BCUT2D eigenvalue weighted by Crippen LogP contribution is 2.18. The third kappa shape index (κ3) is 5.44. The van der Waals surface area contributed by atoms with E-state index in [1.54, 1.807) is 7.11 Å². The molecule has 1 fully saturated rings.